The number of benzene rings is 1. The number of halogens is 1. The molecule has 1 nitrogen and oxygen atoms in total. The van der Waals surface area contributed by atoms with Gasteiger partial charge in [0.15, 0.2) is 5.78 Å². The summed E-state index contributed by atoms with van der Waals surface area (Å²) in [4.78, 5) is 11.1. The molecule has 0 fully saturated rings. The second kappa shape index (κ2) is 3.13. The van der Waals surface area contributed by atoms with E-state index >= 15 is 0 Å². The lowest BCUT2D eigenvalue weighted by atomic mass is 10.1. The van der Waals surface area contributed by atoms with Crippen molar-refractivity contribution in [3.63, 3.8) is 0 Å². The van der Waals surface area contributed by atoms with E-state index < -0.39 is 0 Å². The Morgan fingerprint density at radius 2 is 2.15 bits per heavy atom. The number of ketones is 1. The predicted octanol–water partition coefficient (Wildman–Crippen LogP) is 3.76. The number of rotatable bonds is 1. The molecule has 0 radical (unpaired) electrons. The lowest BCUT2D eigenvalue weighted by Gasteiger charge is -1.93. The van der Waals surface area contributed by atoms with Crippen LogP contribution < -0.4 is 0 Å². The van der Waals surface area contributed by atoms with E-state index in [1.54, 1.807) is 6.92 Å². The van der Waals surface area contributed by atoms with Gasteiger partial charge >= 0.3 is 0 Å². The maximum atomic E-state index is 11.1. The van der Waals surface area contributed by atoms with Gasteiger partial charge in [-0.1, -0.05) is 11.6 Å². The monoisotopic (exact) mass is 210 g/mol. The molecule has 0 spiro atoms. The smallest absolute Gasteiger partial charge is 0.159 e. The van der Waals surface area contributed by atoms with Gasteiger partial charge in [0.25, 0.3) is 0 Å². The summed E-state index contributed by atoms with van der Waals surface area (Å²) in [6.45, 7) is 1.56. The highest BCUT2D eigenvalue weighted by Crippen LogP contribution is 2.29. The highest BCUT2D eigenvalue weighted by Gasteiger charge is 2.03. The van der Waals surface area contributed by atoms with Crippen LogP contribution in [0.4, 0.5) is 0 Å². The molecule has 1 aromatic carbocycles. The summed E-state index contributed by atoms with van der Waals surface area (Å²) in [6, 6.07) is 7.52. The average molecular weight is 211 g/mol. The lowest BCUT2D eigenvalue weighted by molar-refractivity contribution is 0.101. The lowest BCUT2D eigenvalue weighted by Crippen LogP contribution is -1.89. The molecule has 0 aliphatic rings. The van der Waals surface area contributed by atoms with E-state index in [9.17, 15) is 4.79 Å². The fourth-order valence-corrected chi connectivity index (χ4v) is 2.36. The van der Waals surface area contributed by atoms with Crippen molar-refractivity contribution in [3.8, 4) is 0 Å². The van der Waals surface area contributed by atoms with Crippen molar-refractivity contribution in [1.29, 1.82) is 0 Å². The molecule has 13 heavy (non-hydrogen) atoms. The molecule has 1 heterocycles. The average Bonchev–Trinajstić information content (AvgIpc) is 2.42. The molecule has 2 rings (SSSR count). The van der Waals surface area contributed by atoms with Gasteiger partial charge in [0.2, 0.25) is 0 Å². The van der Waals surface area contributed by atoms with Crippen LogP contribution in [0.1, 0.15) is 17.3 Å². The molecule has 0 N–H and O–H groups in total. The molecule has 0 saturated heterocycles. The van der Waals surface area contributed by atoms with Crippen LogP contribution in [0.15, 0.2) is 24.3 Å². The highest BCUT2D eigenvalue weighted by atomic mass is 35.5. The fraction of sp³-hybridized carbons (Fsp3) is 0.100. The zero-order valence-electron chi connectivity index (χ0n) is 7.00. The van der Waals surface area contributed by atoms with Crippen molar-refractivity contribution >= 4 is 38.8 Å². The Morgan fingerprint density at radius 1 is 1.38 bits per heavy atom. The summed E-state index contributed by atoms with van der Waals surface area (Å²) < 4.78 is 1.88. The molecule has 0 unspecified atom stereocenters. The summed E-state index contributed by atoms with van der Waals surface area (Å²) in [5, 5.41) is 1.04. The van der Waals surface area contributed by atoms with Gasteiger partial charge in [-0.25, -0.2) is 0 Å². The molecular weight excluding hydrogens is 204 g/mol. The minimum Gasteiger partial charge on any atom is -0.295 e. The first-order chi connectivity index (χ1) is 6.16. The Morgan fingerprint density at radius 3 is 2.85 bits per heavy atom. The molecule has 0 bridgehead atoms. The molecule has 0 aliphatic carbocycles. The van der Waals surface area contributed by atoms with Gasteiger partial charge in [0.1, 0.15) is 0 Å². The number of hydrogen-bond acceptors (Lipinski definition) is 2. The first-order valence-corrected chi connectivity index (χ1v) is 5.06. The van der Waals surface area contributed by atoms with Gasteiger partial charge in [-0.2, -0.15) is 0 Å². The molecule has 3 heteroatoms. The van der Waals surface area contributed by atoms with Crippen molar-refractivity contribution in [1.82, 2.24) is 0 Å². The SMILES string of the molecule is CC(=O)c1ccc2sc(Cl)cc2c1. The zero-order chi connectivity index (χ0) is 9.42. The second-order valence-electron chi connectivity index (χ2n) is 2.86. The van der Waals surface area contributed by atoms with E-state index in [-0.39, 0.29) is 5.78 Å². The van der Waals surface area contributed by atoms with Crippen LogP contribution in [0.2, 0.25) is 4.34 Å². The minimum atomic E-state index is 0.0872. The van der Waals surface area contributed by atoms with Crippen molar-refractivity contribution in [2.75, 3.05) is 0 Å². The quantitative estimate of drug-likeness (QED) is 0.655. The molecule has 0 saturated carbocycles. The minimum absolute atomic E-state index is 0.0872. The summed E-state index contributed by atoms with van der Waals surface area (Å²) in [5.41, 5.74) is 0.738. The molecule has 0 aliphatic heterocycles. The van der Waals surface area contributed by atoms with Crippen molar-refractivity contribution in [3.05, 3.63) is 34.2 Å². The summed E-state index contributed by atoms with van der Waals surface area (Å²) >= 11 is 7.38. The Labute approximate surface area is 84.9 Å². The molecule has 1 aromatic heterocycles. The number of carbonyl (C=O) groups excluding carboxylic acids is 1. The van der Waals surface area contributed by atoms with Crippen LogP contribution in [-0.4, -0.2) is 5.78 Å². The summed E-state index contributed by atoms with van der Waals surface area (Å²) in [5.74, 6) is 0.0872. The van der Waals surface area contributed by atoms with Crippen LogP contribution in [0, 0.1) is 0 Å². The maximum Gasteiger partial charge on any atom is 0.159 e. The third kappa shape index (κ3) is 1.60. The van der Waals surface area contributed by atoms with Gasteiger partial charge in [-0.3, -0.25) is 4.79 Å². The third-order valence-corrected chi connectivity index (χ3v) is 3.14. The number of hydrogen-bond donors (Lipinski definition) is 0. The number of fused-ring (bicyclic) bond motifs is 1. The first-order valence-electron chi connectivity index (χ1n) is 3.87. The zero-order valence-corrected chi connectivity index (χ0v) is 8.58. The Kier molecular flexibility index (Phi) is 2.10. The van der Waals surface area contributed by atoms with Crippen molar-refractivity contribution in [2.24, 2.45) is 0 Å². The molecule has 0 amide bonds. The molecule has 2 aromatic rings. The maximum absolute atomic E-state index is 11.1. The van der Waals surface area contributed by atoms with Crippen LogP contribution in [-0.2, 0) is 0 Å². The molecule has 0 atom stereocenters. The molecule has 66 valence electrons. The van der Waals surface area contributed by atoms with E-state index in [0.29, 0.717) is 0 Å². The van der Waals surface area contributed by atoms with E-state index in [2.05, 4.69) is 0 Å². The van der Waals surface area contributed by atoms with E-state index in [4.69, 9.17) is 11.6 Å². The largest absolute Gasteiger partial charge is 0.295 e. The number of thiophene rings is 1. The normalized spacial score (nSPS) is 10.6. The van der Waals surface area contributed by atoms with Gasteiger partial charge in [-0.15, -0.1) is 11.3 Å². The van der Waals surface area contributed by atoms with Gasteiger partial charge in [-0.05, 0) is 36.6 Å². The first kappa shape index (κ1) is 8.73. The van der Waals surface area contributed by atoms with Gasteiger partial charge in [0, 0.05) is 10.3 Å². The second-order valence-corrected chi connectivity index (χ2v) is 4.57. The predicted molar refractivity (Wildman–Crippen MR) is 56.8 cm³/mol. The Hall–Kier alpha value is -0.860. The Balaban J connectivity index is 2.67. The van der Waals surface area contributed by atoms with Gasteiger partial charge in [0.05, 0.1) is 4.34 Å². The van der Waals surface area contributed by atoms with Gasteiger partial charge < -0.3 is 0 Å². The van der Waals surface area contributed by atoms with E-state index in [1.165, 1.54) is 11.3 Å². The number of Topliss-reactive ketones (excluding diaryl/α,β-unsaturated/α-hetero) is 1. The number of carbonyl (C=O) groups is 1. The summed E-state index contributed by atoms with van der Waals surface area (Å²) in [7, 11) is 0. The van der Waals surface area contributed by atoms with Crippen LogP contribution >= 0.6 is 22.9 Å². The standard InChI is InChI=1S/C10H7ClOS/c1-6(12)7-2-3-9-8(4-7)5-10(11)13-9/h2-5H,1H3. The van der Waals surface area contributed by atoms with Crippen molar-refractivity contribution < 1.29 is 4.79 Å². The third-order valence-electron chi connectivity index (χ3n) is 1.89. The highest BCUT2D eigenvalue weighted by molar-refractivity contribution is 7.22. The fourth-order valence-electron chi connectivity index (χ4n) is 1.23. The van der Waals surface area contributed by atoms with E-state index in [1.807, 2.05) is 24.3 Å². The summed E-state index contributed by atoms with van der Waals surface area (Å²) in [6.07, 6.45) is 0. The van der Waals surface area contributed by atoms with Crippen molar-refractivity contribution in [2.45, 2.75) is 6.92 Å². The topological polar surface area (TPSA) is 17.1 Å². The molecular formula is C10H7ClOS. The Bertz CT molecular complexity index is 473. The van der Waals surface area contributed by atoms with Crippen LogP contribution in [0.25, 0.3) is 10.1 Å². The van der Waals surface area contributed by atoms with E-state index in [0.717, 1.165) is 20.0 Å². The van der Waals surface area contributed by atoms with Crippen LogP contribution in [0.3, 0.4) is 0 Å². The van der Waals surface area contributed by atoms with Crippen LogP contribution in [0.5, 0.6) is 0 Å².